The summed E-state index contributed by atoms with van der Waals surface area (Å²) < 4.78 is 0. The molecule has 0 spiro atoms. The number of aliphatic hydroxyl groups is 1. The van der Waals surface area contributed by atoms with E-state index in [1.807, 2.05) is 43.5 Å². The Hall–Kier alpha value is -1.72. The van der Waals surface area contributed by atoms with Gasteiger partial charge in [0, 0.05) is 24.0 Å². The van der Waals surface area contributed by atoms with Crippen molar-refractivity contribution < 1.29 is 9.90 Å². The standard InChI is InChI=1S/C16H20N2O2S/c1-12-11-18-15(21-12)8-9-17-14(19)10-16(2,20)13-6-4-3-5-7-13/h3-7,11,20H,8-10H2,1-2H3,(H,17,19). The molecular formula is C16H20N2O2S. The lowest BCUT2D eigenvalue weighted by Crippen LogP contribution is -2.33. The molecule has 2 rings (SSSR count). The molecule has 0 aliphatic rings. The number of nitrogens with zero attached hydrogens (tertiary/aromatic N) is 1. The number of carbonyl (C=O) groups is 1. The van der Waals surface area contributed by atoms with Gasteiger partial charge >= 0.3 is 0 Å². The van der Waals surface area contributed by atoms with Gasteiger partial charge in [-0.15, -0.1) is 11.3 Å². The zero-order chi connectivity index (χ0) is 15.3. The highest BCUT2D eigenvalue weighted by Gasteiger charge is 2.26. The Morgan fingerprint density at radius 2 is 2.10 bits per heavy atom. The van der Waals surface area contributed by atoms with Gasteiger partial charge in [-0.3, -0.25) is 4.79 Å². The number of carbonyl (C=O) groups excluding carboxylic acids is 1. The second kappa shape index (κ2) is 6.83. The quantitative estimate of drug-likeness (QED) is 0.861. The molecule has 0 aliphatic heterocycles. The first-order chi connectivity index (χ1) is 9.97. The summed E-state index contributed by atoms with van der Waals surface area (Å²) in [6, 6.07) is 9.24. The second-order valence-corrected chi connectivity index (χ2v) is 6.60. The minimum Gasteiger partial charge on any atom is -0.385 e. The molecule has 1 unspecified atom stereocenters. The molecule has 0 fully saturated rings. The van der Waals surface area contributed by atoms with Crippen LogP contribution in [0.1, 0.15) is 28.8 Å². The summed E-state index contributed by atoms with van der Waals surface area (Å²) in [5.74, 6) is -0.155. The SMILES string of the molecule is Cc1cnc(CCNC(=O)CC(C)(O)c2ccccc2)s1. The van der Waals surface area contributed by atoms with Crippen LogP contribution in [0, 0.1) is 6.92 Å². The molecule has 0 saturated heterocycles. The largest absolute Gasteiger partial charge is 0.385 e. The number of hydrogen-bond acceptors (Lipinski definition) is 4. The Morgan fingerprint density at radius 1 is 1.38 bits per heavy atom. The molecule has 21 heavy (non-hydrogen) atoms. The molecule has 1 aromatic heterocycles. The Bertz CT molecular complexity index is 593. The fraction of sp³-hybridized carbons (Fsp3) is 0.375. The zero-order valence-electron chi connectivity index (χ0n) is 12.3. The monoisotopic (exact) mass is 304 g/mol. The number of nitrogens with one attached hydrogen (secondary N) is 1. The van der Waals surface area contributed by atoms with Gasteiger partial charge in [0.25, 0.3) is 0 Å². The first-order valence-corrected chi connectivity index (χ1v) is 7.75. The molecule has 0 bridgehead atoms. The van der Waals surface area contributed by atoms with E-state index in [2.05, 4.69) is 10.3 Å². The third-order valence-electron chi connectivity index (χ3n) is 3.23. The highest BCUT2D eigenvalue weighted by atomic mass is 32.1. The molecule has 1 heterocycles. The van der Waals surface area contributed by atoms with Gasteiger partial charge in [0.2, 0.25) is 5.91 Å². The van der Waals surface area contributed by atoms with Crippen LogP contribution in [0.5, 0.6) is 0 Å². The zero-order valence-corrected chi connectivity index (χ0v) is 13.1. The second-order valence-electron chi connectivity index (χ2n) is 5.28. The number of rotatable bonds is 6. The first kappa shape index (κ1) is 15.7. The molecule has 2 N–H and O–H groups in total. The predicted octanol–water partition coefficient (Wildman–Crippen LogP) is 2.41. The van der Waals surface area contributed by atoms with Gasteiger partial charge in [-0.25, -0.2) is 4.98 Å². The van der Waals surface area contributed by atoms with E-state index in [4.69, 9.17) is 0 Å². The van der Waals surface area contributed by atoms with Gasteiger partial charge in [-0.05, 0) is 19.4 Å². The fourth-order valence-electron chi connectivity index (χ4n) is 2.10. The average Bonchev–Trinajstić information content (AvgIpc) is 2.85. The third kappa shape index (κ3) is 4.65. The maximum Gasteiger partial charge on any atom is 0.223 e. The van der Waals surface area contributed by atoms with Crippen molar-refractivity contribution in [3.8, 4) is 0 Å². The van der Waals surface area contributed by atoms with Gasteiger partial charge < -0.3 is 10.4 Å². The summed E-state index contributed by atoms with van der Waals surface area (Å²) >= 11 is 1.64. The normalized spacial score (nSPS) is 13.7. The Balaban J connectivity index is 1.81. The Kier molecular flexibility index (Phi) is 5.09. The van der Waals surface area contributed by atoms with Gasteiger partial charge in [-0.1, -0.05) is 30.3 Å². The predicted molar refractivity (Wildman–Crippen MR) is 84.2 cm³/mol. The van der Waals surface area contributed by atoms with Gasteiger partial charge in [0.15, 0.2) is 0 Å². The van der Waals surface area contributed by atoms with Crippen LogP contribution in [-0.4, -0.2) is 22.5 Å². The number of benzene rings is 1. The number of aromatic nitrogens is 1. The highest BCUT2D eigenvalue weighted by molar-refractivity contribution is 7.11. The van der Waals surface area contributed by atoms with Crippen molar-refractivity contribution in [3.05, 3.63) is 52.0 Å². The third-order valence-corrected chi connectivity index (χ3v) is 4.20. The van der Waals surface area contributed by atoms with Crippen LogP contribution in [0.2, 0.25) is 0 Å². The molecule has 112 valence electrons. The lowest BCUT2D eigenvalue weighted by Gasteiger charge is -2.23. The van der Waals surface area contributed by atoms with E-state index in [-0.39, 0.29) is 12.3 Å². The van der Waals surface area contributed by atoms with Crippen molar-refractivity contribution in [3.63, 3.8) is 0 Å². The lowest BCUT2D eigenvalue weighted by molar-refractivity contribution is -0.125. The van der Waals surface area contributed by atoms with Crippen molar-refractivity contribution in [2.24, 2.45) is 0 Å². The highest BCUT2D eigenvalue weighted by Crippen LogP contribution is 2.23. The van der Waals surface area contributed by atoms with Crippen molar-refractivity contribution in [2.75, 3.05) is 6.54 Å². The van der Waals surface area contributed by atoms with Gasteiger partial charge in [0.05, 0.1) is 17.0 Å². The van der Waals surface area contributed by atoms with Crippen LogP contribution in [0.4, 0.5) is 0 Å². The number of amides is 1. The molecule has 1 aromatic carbocycles. The summed E-state index contributed by atoms with van der Waals surface area (Å²) in [4.78, 5) is 17.4. The summed E-state index contributed by atoms with van der Waals surface area (Å²) in [5.41, 5.74) is -0.404. The van der Waals surface area contributed by atoms with Crippen LogP contribution in [-0.2, 0) is 16.8 Å². The summed E-state index contributed by atoms with van der Waals surface area (Å²) in [6.07, 6.45) is 2.60. The molecule has 2 aromatic rings. The van der Waals surface area contributed by atoms with Crippen molar-refractivity contribution in [1.82, 2.24) is 10.3 Å². The number of thiazole rings is 1. The maximum atomic E-state index is 11.9. The molecule has 1 amide bonds. The van der Waals surface area contributed by atoms with E-state index >= 15 is 0 Å². The van der Waals surface area contributed by atoms with E-state index in [1.165, 1.54) is 4.88 Å². The molecule has 0 saturated carbocycles. The van der Waals surface area contributed by atoms with Gasteiger partial charge in [-0.2, -0.15) is 0 Å². The summed E-state index contributed by atoms with van der Waals surface area (Å²) in [6.45, 7) is 4.21. The topological polar surface area (TPSA) is 62.2 Å². The molecule has 0 aliphatic carbocycles. The minimum absolute atomic E-state index is 0.0495. The molecular weight excluding hydrogens is 284 g/mol. The molecule has 4 nitrogen and oxygen atoms in total. The van der Waals surface area contributed by atoms with Crippen molar-refractivity contribution in [2.45, 2.75) is 32.3 Å². The molecule has 5 heteroatoms. The van der Waals surface area contributed by atoms with Crippen LogP contribution in [0.3, 0.4) is 0 Å². The van der Waals surface area contributed by atoms with E-state index in [9.17, 15) is 9.90 Å². The van der Waals surface area contributed by atoms with Gasteiger partial charge in [0.1, 0.15) is 0 Å². The average molecular weight is 304 g/mol. The fourth-order valence-corrected chi connectivity index (χ4v) is 2.89. The smallest absolute Gasteiger partial charge is 0.223 e. The van der Waals surface area contributed by atoms with E-state index in [0.717, 1.165) is 17.0 Å². The number of aryl methyl sites for hydroxylation is 1. The van der Waals surface area contributed by atoms with Crippen LogP contribution in [0.15, 0.2) is 36.5 Å². The molecule has 1 atom stereocenters. The first-order valence-electron chi connectivity index (χ1n) is 6.93. The van der Waals surface area contributed by atoms with E-state index < -0.39 is 5.60 Å². The van der Waals surface area contributed by atoms with E-state index in [0.29, 0.717) is 6.54 Å². The minimum atomic E-state index is -1.15. The lowest BCUT2D eigenvalue weighted by atomic mass is 9.92. The number of hydrogen-bond donors (Lipinski definition) is 2. The Morgan fingerprint density at radius 3 is 2.71 bits per heavy atom. The van der Waals surface area contributed by atoms with E-state index in [1.54, 1.807) is 18.3 Å². The maximum absolute atomic E-state index is 11.9. The summed E-state index contributed by atoms with van der Waals surface area (Å²) in [5, 5.41) is 14.3. The van der Waals surface area contributed by atoms with Crippen molar-refractivity contribution in [1.29, 1.82) is 0 Å². The van der Waals surface area contributed by atoms with Crippen LogP contribution < -0.4 is 5.32 Å². The van der Waals surface area contributed by atoms with Crippen LogP contribution >= 0.6 is 11.3 Å². The Labute approximate surface area is 128 Å². The summed E-state index contributed by atoms with van der Waals surface area (Å²) in [7, 11) is 0. The van der Waals surface area contributed by atoms with Crippen LogP contribution in [0.25, 0.3) is 0 Å². The van der Waals surface area contributed by atoms with Crippen molar-refractivity contribution >= 4 is 17.2 Å². The molecule has 0 radical (unpaired) electrons.